The molecule has 0 bridgehead atoms. The number of hydrogen-bond donors (Lipinski definition) is 2. The molecular weight excluding hydrogens is 366 g/mol. The Bertz CT molecular complexity index is 864. The molecule has 3 rings (SSSR count). The Labute approximate surface area is 159 Å². The molecule has 1 saturated heterocycles. The van der Waals surface area contributed by atoms with Crippen LogP contribution in [0, 0.1) is 0 Å². The van der Waals surface area contributed by atoms with Crippen LogP contribution in [-0.2, 0) is 14.8 Å². The second kappa shape index (κ2) is 8.62. The highest BCUT2D eigenvalue weighted by Crippen LogP contribution is 2.14. The zero-order valence-corrected chi connectivity index (χ0v) is 15.7. The lowest BCUT2D eigenvalue weighted by molar-refractivity contribution is 0.0303. The van der Waals surface area contributed by atoms with Crippen molar-refractivity contribution in [1.29, 1.82) is 0 Å². The highest BCUT2D eigenvalue weighted by atomic mass is 32.2. The van der Waals surface area contributed by atoms with Gasteiger partial charge in [-0.25, -0.2) is 13.1 Å². The van der Waals surface area contributed by atoms with E-state index in [4.69, 9.17) is 10.5 Å². The van der Waals surface area contributed by atoms with Crippen molar-refractivity contribution in [2.75, 3.05) is 32.8 Å². The number of nitrogens with two attached hydrogens (primary N) is 1. The summed E-state index contributed by atoms with van der Waals surface area (Å²) < 4.78 is 32.7. The maximum atomic E-state index is 12.5. The van der Waals surface area contributed by atoms with Gasteiger partial charge in [-0.15, -0.1) is 0 Å². The third-order valence-electron chi connectivity index (χ3n) is 4.43. The highest BCUT2D eigenvalue weighted by Gasteiger charge is 2.20. The first-order valence-corrected chi connectivity index (χ1v) is 10.2. The quantitative estimate of drug-likeness (QED) is 0.771. The topological polar surface area (TPSA) is 102 Å². The van der Waals surface area contributed by atoms with Gasteiger partial charge in [0.1, 0.15) is 0 Å². The van der Waals surface area contributed by atoms with Gasteiger partial charge in [-0.1, -0.05) is 30.3 Å². The number of hydrogen-bond acceptors (Lipinski definition) is 5. The Morgan fingerprint density at radius 2 is 1.70 bits per heavy atom. The lowest BCUT2D eigenvalue weighted by Crippen LogP contribution is -2.40. The largest absolute Gasteiger partial charge is 0.378 e. The molecule has 0 radical (unpaired) electrons. The number of nitrogens with one attached hydrogen (secondary N) is 1. The molecule has 1 amide bonds. The maximum Gasteiger partial charge on any atom is 0.254 e. The summed E-state index contributed by atoms with van der Waals surface area (Å²) in [7, 11) is -3.71. The van der Waals surface area contributed by atoms with Gasteiger partial charge in [0.05, 0.1) is 18.1 Å². The molecule has 8 heteroatoms. The van der Waals surface area contributed by atoms with E-state index in [2.05, 4.69) is 4.72 Å². The van der Waals surface area contributed by atoms with Crippen LogP contribution in [0.4, 0.5) is 0 Å². The van der Waals surface area contributed by atoms with Crippen LogP contribution in [0.3, 0.4) is 0 Å². The summed E-state index contributed by atoms with van der Waals surface area (Å²) in [5.74, 6) is -0.124. The van der Waals surface area contributed by atoms with Gasteiger partial charge in [0.25, 0.3) is 5.91 Å². The molecule has 1 heterocycles. The van der Waals surface area contributed by atoms with E-state index >= 15 is 0 Å². The van der Waals surface area contributed by atoms with Crippen molar-refractivity contribution in [2.45, 2.75) is 10.9 Å². The summed E-state index contributed by atoms with van der Waals surface area (Å²) in [6.07, 6.45) is 0. The number of sulfonamides is 1. The molecule has 7 nitrogen and oxygen atoms in total. The van der Waals surface area contributed by atoms with Gasteiger partial charge in [-0.3, -0.25) is 4.79 Å². The molecule has 0 spiro atoms. The Hall–Kier alpha value is -2.26. The Kier molecular flexibility index (Phi) is 6.22. The predicted molar refractivity (Wildman–Crippen MR) is 102 cm³/mol. The minimum absolute atomic E-state index is 0.0841. The van der Waals surface area contributed by atoms with Crippen molar-refractivity contribution in [3.8, 4) is 0 Å². The van der Waals surface area contributed by atoms with Gasteiger partial charge >= 0.3 is 0 Å². The molecule has 1 aliphatic rings. The van der Waals surface area contributed by atoms with E-state index in [0.717, 1.165) is 5.56 Å². The SMILES string of the molecule is NC(CNS(=O)(=O)c1ccc(C(=O)N2CCOCC2)cc1)c1ccccc1. The molecule has 2 aromatic rings. The van der Waals surface area contributed by atoms with Gasteiger partial charge in [0.15, 0.2) is 0 Å². The summed E-state index contributed by atoms with van der Waals surface area (Å²) in [6.45, 7) is 2.20. The van der Waals surface area contributed by atoms with Crippen molar-refractivity contribution in [3.05, 3.63) is 65.7 Å². The summed E-state index contributed by atoms with van der Waals surface area (Å²) in [4.78, 5) is 14.2. The van der Waals surface area contributed by atoms with E-state index in [1.165, 1.54) is 24.3 Å². The highest BCUT2D eigenvalue weighted by molar-refractivity contribution is 7.89. The number of carbonyl (C=O) groups excluding carboxylic acids is 1. The second-order valence-electron chi connectivity index (χ2n) is 6.30. The molecule has 27 heavy (non-hydrogen) atoms. The predicted octanol–water partition coefficient (Wildman–Crippen LogP) is 1.14. The number of amides is 1. The van der Waals surface area contributed by atoms with E-state index in [9.17, 15) is 13.2 Å². The summed E-state index contributed by atoms with van der Waals surface area (Å²) in [5.41, 5.74) is 7.35. The zero-order valence-electron chi connectivity index (χ0n) is 14.9. The third-order valence-corrected chi connectivity index (χ3v) is 5.87. The molecular formula is C19H23N3O4S. The third kappa shape index (κ3) is 4.92. The van der Waals surface area contributed by atoms with Gasteiger partial charge < -0.3 is 15.4 Å². The van der Waals surface area contributed by atoms with Crippen LogP contribution in [0.1, 0.15) is 22.0 Å². The van der Waals surface area contributed by atoms with Gasteiger partial charge in [-0.2, -0.15) is 0 Å². The first-order chi connectivity index (χ1) is 13.0. The van der Waals surface area contributed by atoms with Crippen LogP contribution in [0.25, 0.3) is 0 Å². The average molecular weight is 389 g/mol. The number of nitrogens with zero attached hydrogens (tertiary/aromatic N) is 1. The standard InChI is InChI=1S/C19H23N3O4S/c20-18(15-4-2-1-3-5-15)14-21-27(24,25)17-8-6-16(7-9-17)19(23)22-10-12-26-13-11-22/h1-9,18,21H,10-14,20H2. The molecule has 1 unspecified atom stereocenters. The van der Waals surface area contributed by atoms with Crippen LogP contribution < -0.4 is 10.5 Å². The van der Waals surface area contributed by atoms with Crippen LogP contribution in [0.2, 0.25) is 0 Å². The van der Waals surface area contributed by atoms with Crippen molar-refractivity contribution in [1.82, 2.24) is 9.62 Å². The normalized spacial score (nSPS) is 16.1. The van der Waals surface area contributed by atoms with Crippen LogP contribution >= 0.6 is 0 Å². The van der Waals surface area contributed by atoms with Crippen molar-refractivity contribution in [3.63, 3.8) is 0 Å². The Morgan fingerprint density at radius 3 is 2.33 bits per heavy atom. The first-order valence-electron chi connectivity index (χ1n) is 8.74. The number of carbonyl (C=O) groups is 1. The Morgan fingerprint density at radius 1 is 1.07 bits per heavy atom. The number of benzene rings is 2. The van der Waals surface area contributed by atoms with Crippen LogP contribution in [0.15, 0.2) is 59.5 Å². The lowest BCUT2D eigenvalue weighted by atomic mass is 10.1. The monoisotopic (exact) mass is 389 g/mol. The smallest absolute Gasteiger partial charge is 0.254 e. The van der Waals surface area contributed by atoms with Crippen molar-refractivity contribution in [2.24, 2.45) is 5.73 Å². The maximum absolute atomic E-state index is 12.5. The van der Waals surface area contributed by atoms with Crippen molar-refractivity contribution >= 4 is 15.9 Å². The molecule has 0 aliphatic carbocycles. The van der Waals surface area contributed by atoms with E-state index in [1.807, 2.05) is 30.3 Å². The molecule has 1 aliphatic heterocycles. The fourth-order valence-corrected chi connectivity index (χ4v) is 3.89. The number of morpholine rings is 1. The summed E-state index contributed by atoms with van der Waals surface area (Å²) >= 11 is 0. The molecule has 1 atom stereocenters. The summed E-state index contributed by atoms with van der Waals surface area (Å²) in [5, 5.41) is 0. The number of ether oxygens (including phenoxy) is 1. The van der Waals surface area contributed by atoms with Gasteiger partial charge in [0, 0.05) is 31.2 Å². The molecule has 1 fully saturated rings. The summed E-state index contributed by atoms with van der Waals surface area (Å²) in [6, 6.07) is 14.8. The van der Waals surface area contributed by atoms with Crippen molar-refractivity contribution < 1.29 is 17.9 Å². The molecule has 0 saturated carbocycles. The van der Waals surface area contributed by atoms with E-state index in [0.29, 0.717) is 31.9 Å². The van der Waals surface area contributed by atoms with E-state index in [1.54, 1.807) is 4.90 Å². The minimum Gasteiger partial charge on any atom is -0.378 e. The van der Waals surface area contributed by atoms with E-state index in [-0.39, 0.29) is 17.3 Å². The lowest BCUT2D eigenvalue weighted by Gasteiger charge is -2.26. The average Bonchev–Trinajstić information content (AvgIpc) is 2.73. The van der Waals surface area contributed by atoms with Crippen LogP contribution in [0.5, 0.6) is 0 Å². The van der Waals surface area contributed by atoms with E-state index < -0.39 is 16.1 Å². The molecule has 0 aromatic heterocycles. The molecule has 144 valence electrons. The second-order valence-corrected chi connectivity index (χ2v) is 8.06. The zero-order chi connectivity index (χ0) is 19.3. The minimum atomic E-state index is -3.71. The number of rotatable bonds is 6. The molecule has 3 N–H and O–H groups in total. The Balaban J connectivity index is 1.63. The molecule has 2 aromatic carbocycles. The van der Waals surface area contributed by atoms with Gasteiger partial charge in [-0.05, 0) is 29.8 Å². The fourth-order valence-electron chi connectivity index (χ4n) is 2.83. The van der Waals surface area contributed by atoms with Crippen LogP contribution in [-0.4, -0.2) is 52.1 Å². The van der Waals surface area contributed by atoms with Gasteiger partial charge in [0.2, 0.25) is 10.0 Å². The fraction of sp³-hybridized carbons (Fsp3) is 0.316. The first kappa shape index (κ1) is 19.5.